The Morgan fingerprint density at radius 2 is 0.900 bits per heavy atom. The first-order valence-corrected chi connectivity index (χ1v) is 20.5. The Labute approximate surface area is 354 Å². The van der Waals surface area contributed by atoms with E-state index in [4.69, 9.17) is 0 Å². The molecule has 9 rings (SSSR count). The first-order chi connectivity index (χ1) is 29.5. The Kier molecular flexibility index (Phi) is 10.5. The fourth-order valence-electron chi connectivity index (χ4n) is 8.29. The normalized spacial score (nSPS) is 11.0. The number of aryl methyl sites for hydroxylation is 1. The minimum atomic E-state index is 0.908. The summed E-state index contributed by atoms with van der Waals surface area (Å²) < 4.78 is 0. The lowest BCUT2D eigenvalue weighted by Gasteiger charge is -2.31. The first kappa shape index (κ1) is 37.9. The molecule has 0 saturated heterocycles. The van der Waals surface area contributed by atoms with E-state index in [2.05, 4.69) is 249 Å². The highest BCUT2D eigenvalue weighted by molar-refractivity contribution is 6.12. The molecule has 0 atom stereocenters. The van der Waals surface area contributed by atoms with Gasteiger partial charge in [0.25, 0.3) is 0 Å². The van der Waals surface area contributed by atoms with Crippen molar-refractivity contribution in [2.45, 2.75) is 6.92 Å². The van der Waals surface area contributed by atoms with Gasteiger partial charge in [-0.15, -0.1) is 0 Å². The fourth-order valence-corrected chi connectivity index (χ4v) is 8.29. The van der Waals surface area contributed by atoms with Crippen molar-refractivity contribution in [1.29, 1.82) is 0 Å². The Morgan fingerprint density at radius 1 is 0.417 bits per heavy atom. The third-order valence-corrected chi connectivity index (χ3v) is 11.5. The van der Waals surface area contributed by atoms with Crippen LogP contribution in [-0.4, -0.2) is 7.05 Å². The molecule has 0 bridgehead atoms. The van der Waals surface area contributed by atoms with Gasteiger partial charge in [0.15, 0.2) is 0 Å². The molecule has 0 heterocycles. The van der Waals surface area contributed by atoms with Crippen LogP contribution in [-0.2, 0) is 0 Å². The molecule has 2 nitrogen and oxygen atoms in total. The molecule has 0 fully saturated rings. The molecule has 0 amide bonds. The smallest absolute Gasteiger partial charge is 0.0561 e. The number of fused-ring (bicyclic) bond motifs is 1. The Bertz CT molecular complexity index is 2950. The van der Waals surface area contributed by atoms with Gasteiger partial charge in [0.2, 0.25) is 0 Å². The zero-order valence-corrected chi connectivity index (χ0v) is 34.1. The van der Waals surface area contributed by atoms with Crippen LogP contribution in [0.4, 0.5) is 28.4 Å². The van der Waals surface area contributed by atoms with Crippen molar-refractivity contribution in [1.82, 2.24) is 0 Å². The zero-order chi connectivity index (χ0) is 41.0. The van der Waals surface area contributed by atoms with Gasteiger partial charge in [-0.25, -0.2) is 0 Å². The lowest BCUT2D eigenvalue weighted by molar-refractivity contribution is 1.21. The summed E-state index contributed by atoms with van der Waals surface area (Å²) in [7, 11) is 2.18. The summed E-state index contributed by atoms with van der Waals surface area (Å²) in [5, 5.41) is 2.30. The maximum Gasteiger partial charge on any atom is 0.0561 e. The number of anilines is 5. The third-order valence-electron chi connectivity index (χ3n) is 11.5. The molecule has 0 unspecified atom stereocenters. The van der Waals surface area contributed by atoms with Crippen LogP contribution in [0.5, 0.6) is 0 Å². The van der Waals surface area contributed by atoms with Crippen LogP contribution in [0, 0.1) is 6.92 Å². The molecular weight excluding hydrogens is 725 g/mol. The monoisotopic (exact) mass is 770 g/mol. The van der Waals surface area contributed by atoms with E-state index in [9.17, 15) is 0 Å². The van der Waals surface area contributed by atoms with Gasteiger partial charge in [0, 0.05) is 35.1 Å². The van der Waals surface area contributed by atoms with E-state index in [1.54, 1.807) is 0 Å². The largest absolute Gasteiger partial charge is 0.344 e. The van der Waals surface area contributed by atoms with Gasteiger partial charge in [-0.1, -0.05) is 183 Å². The van der Waals surface area contributed by atoms with E-state index >= 15 is 0 Å². The molecule has 0 aromatic heterocycles. The van der Waals surface area contributed by atoms with E-state index in [-0.39, 0.29) is 0 Å². The average Bonchev–Trinajstić information content (AvgIpc) is 3.32. The van der Waals surface area contributed by atoms with Gasteiger partial charge in [-0.2, -0.15) is 0 Å². The molecule has 0 N–H and O–H groups in total. The minimum Gasteiger partial charge on any atom is -0.344 e. The third kappa shape index (κ3) is 7.43. The number of allylic oxidation sites excluding steroid dienone is 2. The van der Waals surface area contributed by atoms with Crippen molar-refractivity contribution in [2.24, 2.45) is 0 Å². The highest BCUT2D eigenvalue weighted by atomic mass is 15.2. The van der Waals surface area contributed by atoms with Crippen LogP contribution < -0.4 is 9.80 Å². The van der Waals surface area contributed by atoms with Crippen molar-refractivity contribution in [3.63, 3.8) is 0 Å². The number of benzene rings is 9. The first-order valence-electron chi connectivity index (χ1n) is 20.5. The molecule has 0 saturated carbocycles. The summed E-state index contributed by atoms with van der Waals surface area (Å²) in [4.78, 5) is 4.75. The second-order valence-electron chi connectivity index (χ2n) is 15.2. The van der Waals surface area contributed by atoms with Crippen molar-refractivity contribution < 1.29 is 0 Å². The second kappa shape index (κ2) is 16.7. The van der Waals surface area contributed by atoms with Gasteiger partial charge in [-0.3, -0.25) is 0 Å². The molecular formula is C58H46N2. The quantitative estimate of drug-likeness (QED) is 0.121. The molecule has 0 spiro atoms. The van der Waals surface area contributed by atoms with E-state index in [1.807, 2.05) is 6.08 Å². The Balaban J connectivity index is 1.30. The summed E-state index contributed by atoms with van der Waals surface area (Å²) in [5.41, 5.74) is 17.9. The summed E-state index contributed by atoms with van der Waals surface area (Å²) >= 11 is 0. The predicted molar refractivity (Wildman–Crippen MR) is 259 cm³/mol. The molecule has 0 radical (unpaired) electrons. The van der Waals surface area contributed by atoms with Crippen molar-refractivity contribution >= 4 is 44.8 Å². The van der Waals surface area contributed by atoms with Gasteiger partial charge >= 0.3 is 0 Å². The molecule has 0 aliphatic carbocycles. The number of rotatable bonds is 11. The number of hydrogen-bond donors (Lipinski definition) is 0. The molecule has 9 aromatic carbocycles. The topological polar surface area (TPSA) is 6.48 Å². The van der Waals surface area contributed by atoms with Gasteiger partial charge in [0.05, 0.1) is 11.4 Å². The Morgan fingerprint density at radius 3 is 1.48 bits per heavy atom. The fraction of sp³-hybridized carbons (Fsp3) is 0.0345. The van der Waals surface area contributed by atoms with Crippen LogP contribution >= 0.6 is 0 Å². The summed E-state index contributed by atoms with van der Waals surface area (Å²) in [6, 6.07) is 76.4. The van der Waals surface area contributed by atoms with Crippen LogP contribution in [0.15, 0.2) is 232 Å². The zero-order valence-electron chi connectivity index (χ0n) is 34.1. The molecule has 288 valence electrons. The van der Waals surface area contributed by atoms with E-state index in [0.717, 1.165) is 67.0 Å². The Hall–Kier alpha value is -7.68. The minimum absolute atomic E-state index is 0.908. The molecule has 0 aliphatic rings. The van der Waals surface area contributed by atoms with E-state index < -0.39 is 0 Å². The van der Waals surface area contributed by atoms with Crippen molar-refractivity contribution in [2.75, 3.05) is 16.8 Å². The van der Waals surface area contributed by atoms with Gasteiger partial charge in [0.1, 0.15) is 0 Å². The van der Waals surface area contributed by atoms with Crippen molar-refractivity contribution in [3.8, 4) is 44.5 Å². The second-order valence-corrected chi connectivity index (χ2v) is 15.2. The molecule has 60 heavy (non-hydrogen) atoms. The van der Waals surface area contributed by atoms with E-state index in [0.29, 0.717) is 0 Å². The number of nitrogens with zero attached hydrogens (tertiary/aromatic N) is 2. The number of hydrogen-bond acceptors (Lipinski definition) is 2. The highest BCUT2D eigenvalue weighted by Crippen LogP contribution is 2.49. The molecule has 2 heteroatoms. The van der Waals surface area contributed by atoms with E-state index in [1.165, 1.54) is 33.4 Å². The lowest BCUT2D eigenvalue weighted by atomic mass is 9.90. The summed E-state index contributed by atoms with van der Waals surface area (Å²) in [5.74, 6) is 0. The van der Waals surface area contributed by atoms with Crippen molar-refractivity contribution in [3.05, 3.63) is 243 Å². The van der Waals surface area contributed by atoms with Crippen LogP contribution in [0.3, 0.4) is 0 Å². The maximum atomic E-state index is 4.36. The summed E-state index contributed by atoms with van der Waals surface area (Å²) in [6.07, 6.45) is 1.85. The van der Waals surface area contributed by atoms with Crippen LogP contribution in [0.25, 0.3) is 60.9 Å². The highest BCUT2D eigenvalue weighted by Gasteiger charge is 2.24. The van der Waals surface area contributed by atoms with Gasteiger partial charge < -0.3 is 9.80 Å². The SMILES string of the molecule is C=CC(=C)c1cc(-c2c(N(C)c3ccc(-c4ccccc4)cc3)cc(N(c3ccc(-c4ccccc4)cc3)c3cccc(-c4ccccc4)c3)c3ccccc23)ccc1C. The average molecular weight is 771 g/mol. The lowest BCUT2D eigenvalue weighted by Crippen LogP contribution is -2.15. The van der Waals surface area contributed by atoms with Crippen LogP contribution in [0.1, 0.15) is 11.1 Å². The standard InChI is InChI=1S/C58H46N2/c1-5-41(2)55-39-49(29-28-42(55)3)58-54-27-16-15-26-53(54)56(40-57(58)59(4)50-34-30-46(31-35-50)43-18-9-6-10-19-43)60(51-36-32-47(33-37-51)44-20-11-7-12-21-44)52-25-17-24-48(38-52)45-22-13-8-14-23-45/h5-40H,1-2H2,3-4H3. The maximum absolute atomic E-state index is 4.36. The molecule has 9 aromatic rings. The molecule has 0 aliphatic heterocycles. The predicted octanol–water partition coefficient (Wildman–Crippen LogP) is 16.3. The van der Waals surface area contributed by atoms with Gasteiger partial charge in [-0.05, 0) is 116 Å². The van der Waals surface area contributed by atoms with Crippen LogP contribution in [0.2, 0.25) is 0 Å². The summed E-state index contributed by atoms with van der Waals surface area (Å²) in [6.45, 7) is 10.6.